The molecule has 1 N–H and O–H groups in total. The number of likely N-dealkylation sites (tertiary alicyclic amines) is 1. The molecule has 2 aliphatic rings. The van der Waals surface area contributed by atoms with Crippen molar-refractivity contribution < 1.29 is 27.5 Å². The highest BCUT2D eigenvalue weighted by Gasteiger charge is 2.32. The highest BCUT2D eigenvalue weighted by molar-refractivity contribution is 7.10. The fourth-order valence-corrected chi connectivity index (χ4v) is 6.07. The number of benzene rings is 1. The molecule has 2 fully saturated rings. The Morgan fingerprint density at radius 3 is 2.53 bits per heavy atom. The number of hydrogen-bond acceptors (Lipinski definition) is 7. The average molecular weight is 553 g/mol. The van der Waals surface area contributed by atoms with Gasteiger partial charge in [0.05, 0.1) is 29.1 Å². The van der Waals surface area contributed by atoms with Crippen molar-refractivity contribution in [2.75, 3.05) is 50.1 Å². The Morgan fingerprint density at radius 2 is 1.84 bits per heavy atom. The summed E-state index contributed by atoms with van der Waals surface area (Å²) in [6, 6.07) is 3.53. The summed E-state index contributed by atoms with van der Waals surface area (Å²) in [5, 5.41) is 5.31. The van der Waals surface area contributed by atoms with Crippen LogP contribution in [-0.2, 0) is 15.7 Å². The second-order valence-corrected chi connectivity index (χ2v) is 10.8. The normalized spacial score (nSPS) is 17.1. The minimum Gasteiger partial charge on any atom is -0.469 e. The third-order valence-electron chi connectivity index (χ3n) is 7.29. The molecule has 2 aromatic rings. The maximum absolute atomic E-state index is 13.4. The quantitative estimate of drug-likeness (QED) is 0.291. The molecule has 0 atom stereocenters. The number of methoxy groups -OCH3 is 1. The molecular weight excluding hydrogens is 517 g/mol. The summed E-state index contributed by atoms with van der Waals surface area (Å²) in [4.78, 5) is 33.2. The summed E-state index contributed by atoms with van der Waals surface area (Å²) in [6.45, 7) is 4.40. The Bertz CT molecular complexity index is 1090. The lowest BCUT2D eigenvalue weighted by Gasteiger charge is -2.31. The van der Waals surface area contributed by atoms with Crippen molar-refractivity contribution in [2.45, 2.75) is 63.5 Å². The van der Waals surface area contributed by atoms with Crippen LogP contribution in [0.4, 0.5) is 24.5 Å². The molecule has 2 saturated heterocycles. The van der Waals surface area contributed by atoms with Crippen LogP contribution in [0.2, 0.25) is 0 Å². The van der Waals surface area contributed by atoms with Gasteiger partial charge in [0.15, 0.2) is 0 Å². The number of ether oxygens (including phenoxy) is 1. The molecule has 0 unspecified atom stereocenters. The van der Waals surface area contributed by atoms with Crippen molar-refractivity contribution >= 4 is 34.6 Å². The van der Waals surface area contributed by atoms with E-state index in [4.69, 9.17) is 0 Å². The number of unbranched alkanes of at least 4 members (excludes halogenated alkanes) is 2. The maximum Gasteiger partial charge on any atom is 0.416 e. The first-order valence-corrected chi connectivity index (χ1v) is 14.1. The van der Waals surface area contributed by atoms with E-state index in [0.29, 0.717) is 12.1 Å². The fourth-order valence-electron chi connectivity index (χ4n) is 5.10. The molecule has 1 amide bonds. The van der Waals surface area contributed by atoms with Crippen molar-refractivity contribution in [3.8, 4) is 0 Å². The highest BCUT2D eigenvalue weighted by atomic mass is 32.1. The molecule has 0 spiro atoms. The predicted octanol–water partition coefficient (Wildman–Crippen LogP) is 5.93. The van der Waals surface area contributed by atoms with Crippen LogP contribution in [0.3, 0.4) is 0 Å². The van der Waals surface area contributed by atoms with E-state index < -0.39 is 17.6 Å². The van der Waals surface area contributed by atoms with Crippen LogP contribution in [0.15, 0.2) is 23.6 Å². The number of nitrogens with one attached hydrogen (secondary N) is 1. The van der Waals surface area contributed by atoms with Crippen LogP contribution in [0.25, 0.3) is 0 Å². The van der Waals surface area contributed by atoms with Gasteiger partial charge in [-0.2, -0.15) is 13.2 Å². The third kappa shape index (κ3) is 7.47. The molecule has 1 aromatic carbocycles. The number of rotatable bonds is 10. The molecule has 7 nitrogen and oxygen atoms in total. The van der Waals surface area contributed by atoms with Crippen molar-refractivity contribution in [3.63, 3.8) is 0 Å². The van der Waals surface area contributed by atoms with Crippen molar-refractivity contribution in [2.24, 2.45) is 0 Å². The summed E-state index contributed by atoms with van der Waals surface area (Å²) < 4.78 is 44.8. The number of carbonyl (C=O) groups excluding carboxylic acids is 2. The Hall–Kier alpha value is -2.66. The third-order valence-corrected chi connectivity index (χ3v) is 8.30. The van der Waals surface area contributed by atoms with Gasteiger partial charge < -0.3 is 19.9 Å². The topological polar surface area (TPSA) is 74.8 Å². The molecule has 4 rings (SSSR count). The van der Waals surface area contributed by atoms with Crippen LogP contribution in [0.5, 0.6) is 0 Å². The van der Waals surface area contributed by atoms with Gasteiger partial charge in [-0.1, -0.05) is 6.42 Å². The van der Waals surface area contributed by atoms with Gasteiger partial charge in [0, 0.05) is 30.8 Å². The number of anilines is 2. The molecule has 1 aromatic heterocycles. The number of carbonyl (C=O) groups is 2. The minimum absolute atomic E-state index is 0.163. The number of alkyl halides is 3. The summed E-state index contributed by atoms with van der Waals surface area (Å²) in [7, 11) is 1.41. The molecule has 0 aliphatic carbocycles. The summed E-state index contributed by atoms with van der Waals surface area (Å²) in [6.07, 6.45) is 2.68. The van der Waals surface area contributed by atoms with E-state index >= 15 is 0 Å². The molecule has 0 bridgehead atoms. The monoisotopic (exact) mass is 552 g/mol. The van der Waals surface area contributed by atoms with Crippen LogP contribution in [0, 0.1) is 0 Å². The Kier molecular flexibility index (Phi) is 9.64. The van der Waals surface area contributed by atoms with E-state index in [1.165, 1.54) is 24.5 Å². The minimum atomic E-state index is -4.49. The van der Waals surface area contributed by atoms with Crippen LogP contribution < -0.4 is 10.2 Å². The standard InChI is InChI=1S/C27H35F3N4O3S/c1-37-24(35)7-3-2-4-12-33-15-10-19(11-16-33)26-32-22(18-38-26)25(36)31-21-17-20(27(28,29)30)8-9-23(21)34-13-5-6-14-34/h8-9,17-19H,2-7,10-16H2,1H3,(H,31,36). The van der Waals surface area contributed by atoms with Gasteiger partial charge in [-0.15, -0.1) is 11.3 Å². The second kappa shape index (κ2) is 12.9. The number of thiazole rings is 1. The van der Waals surface area contributed by atoms with Crippen LogP contribution >= 0.6 is 11.3 Å². The first-order valence-electron chi connectivity index (χ1n) is 13.3. The number of piperidine rings is 1. The highest BCUT2D eigenvalue weighted by Crippen LogP contribution is 2.37. The van der Waals surface area contributed by atoms with E-state index in [1.807, 2.05) is 4.90 Å². The van der Waals surface area contributed by atoms with Gasteiger partial charge in [0.2, 0.25) is 0 Å². The number of aromatic nitrogens is 1. The fraction of sp³-hybridized carbons (Fsp3) is 0.593. The first-order chi connectivity index (χ1) is 18.2. The van der Waals surface area contributed by atoms with Crippen molar-refractivity contribution in [1.29, 1.82) is 0 Å². The lowest BCUT2D eigenvalue weighted by molar-refractivity contribution is -0.140. The summed E-state index contributed by atoms with van der Waals surface area (Å²) in [5.74, 6) is -0.383. The molecule has 2 aliphatic heterocycles. The number of hydrogen-bond donors (Lipinski definition) is 1. The average Bonchev–Trinajstić information content (AvgIpc) is 3.61. The molecule has 0 radical (unpaired) electrons. The zero-order chi connectivity index (χ0) is 27.1. The zero-order valence-electron chi connectivity index (χ0n) is 21.7. The van der Waals surface area contributed by atoms with E-state index in [2.05, 4.69) is 19.9 Å². The number of amides is 1. The van der Waals surface area contributed by atoms with Gasteiger partial charge in [-0.05, 0) is 76.4 Å². The van der Waals surface area contributed by atoms with E-state index in [0.717, 1.165) is 94.8 Å². The molecular formula is C27H35F3N4O3S. The smallest absolute Gasteiger partial charge is 0.416 e. The Balaban J connectivity index is 1.32. The molecule has 208 valence electrons. The van der Waals surface area contributed by atoms with Gasteiger partial charge in [0.1, 0.15) is 5.69 Å². The number of nitrogens with zero attached hydrogens (tertiary/aromatic N) is 3. The molecule has 0 saturated carbocycles. The van der Waals surface area contributed by atoms with Gasteiger partial charge >= 0.3 is 12.1 Å². The predicted molar refractivity (Wildman–Crippen MR) is 142 cm³/mol. The Morgan fingerprint density at radius 1 is 1.11 bits per heavy atom. The SMILES string of the molecule is COC(=O)CCCCCN1CCC(c2nc(C(=O)Nc3cc(C(F)(F)F)ccc3N3CCCC3)cs2)CC1. The maximum atomic E-state index is 13.4. The largest absolute Gasteiger partial charge is 0.469 e. The number of esters is 1. The zero-order valence-corrected chi connectivity index (χ0v) is 22.5. The second-order valence-electron chi connectivity index (χ2n) is 9.95. The molecule has 11 heteroatoms. The van der Waals surface area contributed by atoms with Crippen molar-refractivity contribution in [3.05, 3.63) is 39.8 Å². The lowest BCUT2D eigenvalue weighted by atomic mass is 9.97. The van der Waals surface area contributed by atoms with Crippen LogP contribution in [0.1, 0.15) is 78.3 Å². The lowest BCUT2D eigenvalue weighted by Crippen LogP contribution is -2.33. The summed E-state index contributed by atoms with van der Waals surface area (Å²) >= 11 is 1.44. The van der Waals surface area contributed by atoms with Crippen LogP contribution in [-0.4, -0.2) is 61.6 Å². The molecule has 3 heterocycles. The first kappa shape index (κ1) is 28.4. The van der Waals surface area contributed by atoms with Gasteiger partial charge in [-0.25, -0.2) is 4.98 Å². The van der Waals surface area contributed by atoms with E-state index in [-0.39, 0.29) is 23.3 Å². The molecule has 38 heavy (non-hydrogen) atoms. The van der Waals surface area contributed by atoms with Crippen molar-refractivity contribution in [1.82, 2.24) is 9.88 Å². The summed E-state index contributed by atoms with van der Waals surface area (Å²) in [5.41, 5.74) is 0.228. The van der Waals surface area contributed by atoms with Gasteiger partial charge in [0.25, 0.3) is 5.91 Å². The Labute approximate surface area is 225 Å². The van der Waals surface area contributed by atoms with E-state index in [1.54, 1.807) is 5.38 Å². The van der Waals surface area contributed by atoms with Gasteiger partial charge in [-0.3, -0.25) is 9.59 Å². The van der Waals surface area contributed by atoms with E-state index in [9.17, 15) is 22.8 Å². The number of halogens is 3.